The van der Waals surface area contributed by atoms with E-state index in [2.05, 4.69) is 39.7 Å². The van der Waals surface area contributed by atoms with Crippen LogP contribution in [-0.4, -0.2) is 4.98 Å². The molecule has 0 amide bonds. The van der Waals surface area contributed by atoms with Crippen molar-refractivity contribution < 1.29 is 0 Å². The summed E-state index contributed by atoms with van der Waals surface area (Å²) < 4.78 is 1.25. The second-order valence-corrected chi connectivity index (χ2v) is 5.01. The number of benzene rings is 1. The van der Waals surface area contributed by atoms with Gasteiger partial charge in [-0.05, 0) is 22.6 Å². The van der Waals surface area contributed by atoms with Gasteiger partial charge >= 0.3 is 0 Å². The summed E-state index contributed by atoms with van der Waals surface area (Å²) in [5.41, 5.74) is 4.17. The molecule has 2 rings (SSSR count). The Labute approximate surface area is 88.6 Å². The van der Waals surface area contributed by atoms with E-state index < -0.39 is 0 Å². The van der Waals surface area contributed by atoms with E-state index in [0.717, 1.165) is 5.69 Å². The Morgan fingerprint density at radius 2 is 1.92 bits per heavy atom. The van der Waals surface area contributed by atoms with Crippen LogP contribution in [0.2, 0.25) is 0 Å². The maximum atomic E-state index is 4.30. The molecule has 1 nitrogen and oxygen atoms in total. The van der Waals surface area contributed by atoms with Crippen LogP contribution < -0.4 is 0 Å². The largest absolute Gasteiger partial charge is 0.244 e. The molecule has 0 unspecified atom stereocenters. The highest BCUT2D eigenvalue weighted by molar-refractivity contribution is 14.1. The predicted molar refractivity (Wildman–Crippen MR) is 60.3 cm³/mol. The summed E-state index contributed by atoms with van der Waals surface area (Å²) in [5.74, 6) is 0. The second-order valence-electron chi connectivity index (χ2n) is 2.34. The van der Waals surface area contributed by atoms with Crippen LogP contribution in [0, 0.1) is 2.88 Å². The van der Waals surface area contributed by atoms with E-state index in [0.29, 0.717) is 0 Å². The molecular formula is C9H6INS. The Morgan fingerprint density at radius 3 is 2.50 bits per heavy atom. The first-order valence-corrected chi connectivity index (χ1v) is 5.48. The quantitative estimate of drug-likeness (QED) is 0.732. The van der Waals surface area contributed by atoms with E-state index in [4.69, 9.17) is 0 Å². The second kappa shape index (κ2) is 3.53. The molecule has 12 heavy (non-hydrogen) atoms. The van der Waals surface area contributed by atoms with Gasteiger partial charge in [0.05, 0.1) is 14.1 Å². The van der Waals surface area contributed by atoms with Crippen molar-refractivity contribution in [2.24, 2.45) is 0 Å². The first-order chi connectivity index (χ1) is 5.88. The van der Waals surface area contributed by atoms with Gasteiger partial charge in [0.2, 0.25) is 0 Å². The third-order valence-electron chi connectivity index (χ3n) is 1.57. The monoisotopic (exact) mass is 287 g/mol. The fourth-order valence-corrected chi connectivity index (χ4v) is 2.34. The summed E-state index contributed by atoms with van der Waals surface area (Å²) in [6.45, 7) is 0. The summed E-state index contributed by atoms with van der Waals surface area (Å²) in [6, 6.07) is 10.2. The summed E-state index contributed by atoms with van der Waals surface area (Å²) in [5, 5.41) is 0. The Bertz CT molecular complexity index is 369. The molecule has 3 heteroatoms. The zero-order valence-corrected chi connectivity index (χ0v) is 9.17. The normalized spacial score (nSPS) is 10.1. The molecule has 0 atom stereocenters. The van der Waals surface area contributed by atoms with Crippen molar-refractivity contribution in [3.8, 4) is 11.3 Å². The fraction of sp³-hybridized carbons (Fsp3) is 0. The third-order valence-corrected chi connectivity index (χ3v) is 3.46. The Morgan fingerprint density at radius 1 is 1.17 bits per heavy atom. The molecule has 0 saturated carbocycles. The number of halogens is 1. The number of hydrogen-bond donors (Lipinski definition) is 0. The van der Waals surface area contributed by atoms with Crippen molar-refractivity contribution in [2.45, 2.75) is 0 Å². The molecule has 0 aliphatic rings. The molecule has 2 aromatic rings. The standard InChI is InChI=1S/C9H6INS/c10-9-8(11-6-12-9)7-4-2-1-3-5-7/h1-6H. The van der Waals surface area contributed by atoms with Crippen molar-refractivity contribution in [1.82, 2.24) is 4.98 Å². The minimum Gasteiger partial charge on any atom is -0.244 e. The van der Waals surface area contributed by atoms with Gasteiger partial charge in [-0.3, -0.25) is 0 Å². The Kier molecular flexibility index (Phi) is 2.41. The number of nitrogens with zero attached hydrogens (tertiary/aromatic N) is 1. The van der Waals surface area contributed by atoms with Crippen molar-refractivity contribution >= 4 is 33.9 Å². The van der Waals surface area contributed by atoms with Crippen LogP contribution in [0.4, 0.5) is 0 Å². The van der Waals surface area contributed by atoms with E-state index in [-0.39, 0.29) is 0 Å². The topological polar surface area (TPSA) is 12.9 Å². The lowest BCUT2D eigenvalue weighted by Crippen LogP contribution is -1.77. The minimum atomic E-state index is 1.10. The predicted octanol–water partition coefficient (Wildman–Crippen LogP) is 3.41. The van der Waals surface area contributed by atoms with Gasteiger partial charge in [0.1, 0.15) is 0 Å². The van der Waals surface area contributed by atoms with Gasteiger partial charge in [0, 0.05) is 5.56 Å². The molecule has 0 spiro atoms. The van der Waals surface area contributed by atoms with Crippen molar-refractivity contribution in [3.05, 3.63) is 38.7 Å². The van der Waals surface area contributed by atoms with Gasteiger partial charge in [-0.2, -0.15) is 0 Å². The lowest BCUT2D eigenvalue weighted by Gasteiger charge is -1.95. The third kappa shape index (κ3) is 1.51. The van der Waals surface area contributed by atoms with Crippen LogP contribution in [-0.2, 0) is 0 Å². The van der Waals surface area contributed by atoms with Crippen molar-refractivity contribution in [1.29, 1.82) is 0 Å². The van der Waals surface area contributed by atoms with Crippen molar-refractivity contribution in [2.75, 3.05) is 0 Å². The molecule has 0 saturated heterocycles. The summed E-state index contributed by atoms with van der Waals surface area (Å²) in [7, 11) is 0. The number of hydrogen-bond acceptors (Lipinski definition) is 2. The zero-order valence-electron chi connectivity index (χ0n) is 6.20. The maximum absolute atomic E-state index is 4.30. The fourth-order valence-electron chi connectivity index (χ4n) is 1.02. The van der Waals surface area contributed by atoms with E-state index in [1.165, 1.54) is 8.45 Å². The van der Waals surface area contributed by atoms with Crippen LogP contribution in [0.3, 0.4) is 0 Å². The molecule has 0 aliphatic heterocycles. The molecule has 60 valence electrons. The van der Waals surface area contributed by atoms with E-state index in [1.807, 2.05) is 23.7 Å². The SMILES string of the molecule is Ic1scnc1-c1ccccc1. The minimum absolute atomic E-state index is 1.10. The van der Waals surface area contributed by atoms with Gasteiger partial charge in [0.15, 0.2) is 0 Å². The molecule has 0 aliphatic carbocycles. The number of aromatic nitrogens is 1. The molecule has 0 bridgehead atoms. The van der Waals surface area contributed by atoms with E-state index in [9.17, 15) is 0 Å². The van der Waals surface area contributed by atoms with E-state index >= 15 is 0 Å². The van der Waals surface area contributed by atoms with E-state index in [1.54, 1.807) is 11.3 Å². The zero-order chi connectivity index (χ0) is 8.39. The van der Waals surface area contributed by atoms with Gasteiger partial charge in [-0.1, -0.05) is 30.3 Å². The number of thiazole rings is 1. The smallest absolute Gasteiger partial charge is 0.0946 e. The first kappa shape index (κ1) is 8.19. The average Bonchev–Trinajstić information content (AvgIpc) is 2.53. The summed E-state index contributed by atoms with van der Waals surface area (Å²) in [6.07, 6.45) is 0. The summed E-state index contributed by atoms with van der Waals surface area (Å²) >= 11 is 3.99. The molecule has 1 heterocycles. The lowest BCUT2D eigenvalue weighted by molar-refractivity contribution is 1.40. The molecule has 0 radical (unpaired) electrons. The Balaban J connectivity index is 2.51. The number of rotatable bonds is 1. The average molecular weight is 287 g/mol. The molecule has 1 aromatic heterocycles. The van der Waals surface area contributed by atoms with Crippen molar-refractivity contribution in [3.63, 3.8) is 0 Å². The Hall–Kier alpha value is -0.420. The van der Waals surface area contributed by atoms with Crippen LogP contribution in [0.25, 0.3) is 11.3 Å². The molecule has 0 N–H and O–H groups in total. The van der Waals surface area contributed by atoms with Crippen LogP contribution in [0.5, 0.6) is 0 Å². The van der Waals surface area contributed by atoms with Crippen LogP contribution in [0.15, 0.2) is 35.8 Å². The lowest BCUT2D eigenvalue weighted by atomic mass is 10.2. The molecule has 1 aromatic carbocycles. The first-order valence-electron chi connectivity index (χ1n) is 3.52. The molecular weight excluding hydrogens is 281 g/mol. The van der Waals surface area contributed by atoms with Crippen LogP contribution in [0.1, 0.15) is 0 Å². The van der Waals surface area contributed by atoms with Gasteiger partial charge in [-0.15, -0.1) is 11.3 Å². The van der Waals surface area contributed by atoms with Gasteiger partial charge in [-0.25, -0.2) is 4.98 Å². The summed E-state index contributed by atoms with van der Waals surface area (Å²) in [4.78, 5) is 4.30. The van der Waals surface area contributed by atoms with Crippen LogP contribution >= 0.6 is 33.9 Å². The highest BCUT2D eigenvalue weighted by atomic mass is 127. The highest BCUT2D eigenvalue weighted by Crippen LogP contribution is 2.25. The van der Waals surface area contributed by atoms with Gasteiger partial charge in [0.25, 0.3) is 0 Å². The van der Waals surface area contributed by atoms with Gasteiger partial charge < -0.3 is 0 Å². The molecule has 0 fully saturated rings. The maximum Gasteiger partial charge on any atom is 0.0946 e. The highest BCUT2D eigenvalue weighted by Gasteiger charge is 2.03.